The van der Waals surface area contributed by atoms with Crippen LogP contribution in [0, 0.1) is 0 Å². The van der Waals surface area contributed by atoms with Crippen LogP contribution in [0.5, 0.6) is 0 Å². The zero-order chi connectivity index (χ0) is 8.69. The minimum atomic E-state index is 0.448. The lowest BCUT2D eigenvalue weighted by molar-refractivity contribution is -0.0140. The minimum absolute atomic E-state index is 0.448. The number of rotatable bonds is 6. The molecular weight excluding hydrogens is 138 g/mol. The molecular formula is C9H21NO. The lowest BCUT2D eigenvalue weighted by Gasteiger charge is -2.19. The highest BCUT2D eigenvalue weighted by molar-refractivity contribution is 4.50. The van der Waals surface area contributed by atoms with E-state index in [-0.39, 0.29) is 0 Å². The molecule has 0 amide bonds. The van der Waals surface area contributed by atoms with Crippen molar-refractivity contribution in [3.8, 4) is 0 Å². The van der Waals surface area contributed by atoms with Crippen LogP contribution in [-0.2, 0) is 4.74 Å². The summed E-state index contributed by atoms with van der Waals surface area (Å²) in [5.41, 5.74) is 0. The van der Waals surface area contributed by atoms with Crippen molar-refractivity contribution in [2.75, 3.05) is 20.3 Å². The lowest BCUT2D eigenvalue weighted by atomic mass is 10.2. The molecule has 0 aliphatic carbocycles. The molecule has 0 bridgehead atoms. The van der Waals surface area contributed by atoms with Crippen molar-refractivity contribution in [2.45, 2.75) is 39.7 Å². The summed E-state index contributed by atoms with van der Waals surface area (Å²) < 4.78 is 5.62. The highest BCUT2D eigenvalue weighted by atomic mass is 16.5. The monoisotopic (exact) mass is 159 g/mol. The fraction of sp³-hybridized carbons (Fsp3) is 1.00. The zero-order valence-corrected chi connectivity index (χ0v) is 8.26. The van der Waals surface area contributed by atoms with Crippen LogP contribution >= 0.6 is 0 Å². The first-order chi connectivity index (χ1) is 5.24. The molecule has 2 heteroatoms. The normalized spacial score (nSPS) is 11.5. The quantitative estimate of drug-likeness (QED) is 0.550. The molecule has 0 atom stereocenters. The van der Waals surface area contributed by atoms with E-state index >= 15 is 0 Å². The Bertz CT molecular complexity index is 81.6. The van der Waals surface area contributed by atoms with Crippen molar-refractivity contribution >= 4 is 0 Å². The van der Waals surface area contributed by atoms with Crippen LogP contribution in [0.15, 0.2) is 0 Å². The largest absolute Gasteiger partial charge is 0.363 e. The molecule has 0 aromatic rings. The molecule has 11 heavy (non-hydrogen) atoms. The fourth-order valence-electron chi connectivity index (χ4n) is 0.848. The van der Waals surface area contributed by atoms with E-state index in [0.717, 1.165) is 26.1 Å². The number of hydrogen-bond acceptors (Lipinski definition) is 2. The van der Waals surface area contributed by atoms with Gasteiger partial charge in [-0.3, -0.25) is 4.90 Å². The molecule has 0 heterocycles. The summed E-state index contributed by atoms with van der Waals surface area (Å²) in [6.07, 6.45) is 2.69. The third kappa shape index (κ3) is 5.22. The molecule has 0 aromatic heterocycles. The molecule has 0 radical (unpaired) electrons. The Morgan fingerprint density at radius 2 is 1.73 bits per heavy atom. The van der Waals surface area contributed by atoms with Crippen LogP contribution in [0.25, 0.3) is 0 Å². The van der Waals surface area contributed by atoms with E-state index in [1.54, 1.807) is 0 Å². The van der Waals surface area contributed by atoms with Crippen LogP contribution in [0.2, 0.25) is 0 Å². The van der Waals surface area contributed by atoms with Gasteiger partial charge in [-0.2, -0.15) is 0 Å². The van der Waals surface area contributed by atoms with Gasteiger partial charge in [0.1, 0.15) is 0 Å². The summed E-state index contributed by atoms with van der Waals surface area (Å²) in [6, 6.07) is 0. The molecule has 0 spiro atoms. The standard InChI is InChI=1S/C9H21NO/c1-5-9(6-2)11-8-10(4)7-3/h9H,5-8H2,1-4H3. The Labute approximate surface area is 70.5 Å². The third-order valence-electron chi connectivity index (χ3n) is 1.98. The van der Waals surface area contributed by atoms with E-state index in [2.05, 4.69) is 32.7 Å². The second-order valence-electron chi connectivity index (χ2n) is 2.91. The molecule has 0 fully saturated rings. The maximum absolute atomic E-state index is 5.62. The average Bonchev–Trinajstić information content (AvgIpc) is 2.06. The van der Waals surface area contributed by atoms with E-state index in [1.807, 2.05) is 0 Å². The van der Waals surface area contributed by atoms with Gasteiger partial charge in [0.25, 0.3) is 0 Å². The van der Waals surface area contributed by atoms with Crippen LogP contribution in [-0.4, -0.2) is 31.3 Å². The van der Waals surface area contributed by atoms with Gasteiger partial charge in [-0.15, -0.1) is 0 Å². The summed E-state index contributed by atoms with van der Waals surface area (Å²) >= 11 is 0. The molecule has 0 aliphatic heterocycles. The van der Waals surface area contributed by atoms with Crippen molar-refractivity contribution in [3.63, 3.8) is 0 Å². The molecule has 0 saturated carbocycles. The van der Waals surface area contributed by atoms with Crippen LogP contribution in [0.1, 0.15) is 33.6 Å². The van der Waals surface area contributed by atoms with Crippen molar-refractivity contribution in [1.29, 1.82) is 0 Å². The smallest absolute Gasteiger partial charge is 0.0991 e. The van der Waals surface area contributed by atoms with Gasteiger partial charge in [-0.1, -0.05) is 20.8 Å². The van der Waals surface area contributed by atoms with Gasteiger partial charge in [-0.05, 0) is 26.4 Å². The van der Waals surface area contributed by atoms with Gasteiger partial charge in [-0.25, -0.2) is 0 Å². The molecule has 0 rings (SSSR count). The second kappa shape index (κ2) is 6.62. The summed E-state index contributed by atoms with van der Waals surface area (Å²) in [7, 11) is 2.07. The average molecular weight is 159 g/mol. The molecule has 2 nitrogen and oxygen atoms in total. The topological polar surface area (TPSA) is 12.5 Å². The summed E-state index contributed by atoms with van der Waals surface area (Å²) in [4.78, 5) is 2.16. The van der Waals surface area contributed by atoms with Crippen LogP contribution in [0.3, 0.4) is 0 Å². The summed E-state index contributed by atoms with van der Waals surface area (Å²) in [6.45, 7) is 8.29. The summed E-state index contributed by atoms with van der Waals surface area (Å²) in [5, 5.41) is 0. The van der Waals surface area contributed by atoms with Gasteiger partial charge in [0.2, 0.25) is 0 Å². The molecule has 0 aliphatic rings. The maximum atomic E-state index is 5.62. The highest BCUT2D eigenvalue weighted by Crippen LogP contribution is 2.02. The SMILES string of the molecule is CCC(CC)OCN(C)CC. The van der Waals surface area contributed by atoms with E-state index in [4.69, 9.17) is 4.74 Å². The lowest BCUT2D eigenvalue weighted by Crippen LogP contribution is -2.25. The molecule has 0 unspecified atom stereocenters. The van der Waals surface area contributed by atoms with E-state index < -0.39 is 0 Å². The van der Waals surface area contributed by atoms with Gasteiger partial charge >= 0.3 is 0 Å². The highest BCUT2D eigenvalue weighted by Gasteiger charge is 2.03. The first-order valence-corrected chi connectivity index (χ1v) is 4.54. The minimum Gasteiger partial charge on any atom is -0.363 e. The third-order valence-corrected chi connectivity index (χ3v) is 1.98. The molecule has 0 saturated heterocycles. The Balaban J connectivity index is 3.34. The second-order valence-corrected chi connectivity index (χ2v) is 2.91. The van der Waals surface area contributed by atoms with Crippen LogP contribution in [0.4, 0.5) is 0 Å². The maximum Gasteiger partial charge on any atom is 0.0991 e. The number of nitrogens with zero attached hydrogens (tertiary/aromatic N) is 1. The van der Waals surface area contributed by atoms with E-state index in [9.17, 15) is 0 Å². The zero-order valence-electron chi connectivity index (χ0n) is 8.26. The molecule has 0 aromatic carbocycles. The van der Waals surface area contributed by atoms with Crippen molar-refractivity contribution < 1.29 is 4.74 Å². The van der Waals surface area contributed by atoms with Gasteiger partial charge in [0.15, 0.2) is 0 Å². The van der Waals surface area contributed by atoms with Gasteiger partial charge in [0.05, 0.1) is 12.8 Å². The van der Waals surface area contributed by atoms with Crippen molar-refractivity contribution in [2.24, 2.45) is 0 Å². The first kappa shape index (κ1) is 10.9. The van der Waals surface area contributed by atoms with Crippen molar-refractivity contribution in [1.82, 2.24) is 4.90 Å². The van der Waals surface area contributed by atoms with Crippen molar-refractivity contribution in [3.05, 3.63) is 0 Å². The first-order valence-electron chi connectivity index (χ1n) is 4.54. The summed E-state index contributed by atoms with van der Waals surface area (Å²) in [5.74, 6) is 0. The number of ether oxygens (including phenoxy) is 1. The fourth-order valence-corrected chi connectivity index (χ4v) is 0.848. The predicted molar refractivity (Wildman–Crippen MR) is 48.6 cm³/mol. The van der Waals surface area contributed by atoms with Crippen LogP contribution < -0.4 is 0 Å². The van der Waals surface area contributed by atoms with E-state index in [0.29, 0.717) is 6.10 Å². The predicted octanol–water partition coefficient (Wildman–Crippen LogP) is 2.10. The Morgan fingerprint density at radius 1 is 1.18 bits per heavy atom. The Hall–Kier alpha value is -0.0800. The van der Waals surface area contributed by atoms with Gasteiger partial charge in [0, 0.05) is 0 Å². The Kier molecular flexibility index (Phi) is 6.57. The van der Waals surface area contributed by atoms with Gasteiger partial charge < -0.3 is 4.74 Å². The Morgan fingerprint density at radius 3 is 2.09 bits per heavy atom. The molecule has 0 N–H and O–H groups in total. The number of hydrogen-bond donors (Lipinski definition) is 0. The molecule has 68 valence electrons. The van der Waals surface area contributed by atoms with E-state index in [1.165, 1.54) is 0 Å².